The van der Waals surface area contributed by atoms with Crippen LogP contribution in [0.3, 0.4) is 0 Å². The molecule has 0 spiro atoms. The summed E-state index contributed by atoms with van der Waals surface area (Å²) in [6.45, 7) is 1.71. The Morgan fingerprint density at radius 3 is 2.65 bits per heavy atom. The van der Waals surface area contributed by atoms with Crippen molar-refractivity contribution in [2.24, 2.45) is 0 Å². The van der Waals surface area contributed by atoms with Crippen LogP contribution in [-0.2, 0) is 20.8 Å². The number of hydrogen-bond donors (Lipinski definition) is 0. The summed E-state index contributed by atoms with van der Waals surface area (Å²) in [7, 11) is 3.03. The van der Waals surface area contributed by atoms with Gasteiger partial charge in [0.2, 0.25) is 0 Å². The second-order valence-corrected chi connectivity index (χ2v) is 3.55. The average molecular weight is 238 g/mol. The fourth-order valence-corrected chi connectivity index (χ4v) is 1.44. The number of benzene rings is 1. The molecule has 94 valence electrons. The van der Waals surface area contributed by atoms with E-state index in [4.69, 9.17) is 14.2 Å². The third-order valence-corrected chi connectivity index (χ3v) is 2.32. The van der Waals surface area contributed by atoms with Gasteiger partial charge in [-0.3, -0.25) is 0 Å². The Kier molecular flexibility index (Phi) is 6.29. The molecule has 0 fully saturated rings. The van der Waals surface area contributed by atoms with E-state index < -0.39 is 0 Å². The predicted octanol–water partition coefficient (Wildman–Crippen LogP) is 2.03. The molecule has 0 aliphatic heterocycles. The Balaban J connectivity index is 2.49. The number of carbonyl (C=O) groups excluding carboxylic acids is 1. The van der Waals surface area contributed by atoms with Crippen LogP contribution in [0, 0.1) is 0 Å². The summed E-state index contributed by atoms with van der Waals surface area (Å²) in [5.74, 6) is -0.332. The van der Waals surface area contributed by atoms with E-state index >= 15 is 0 Å². The van der Waals surface area contributed by atoms with E-state index in [-0.39, 0.29) is 5.97 Å². The molecule has 0 bridgehead atoms. The highest BCUT2D eigenvalue weighted by Crippen LogP contribution is 2.11. The molecule has 0 heterocycles. The van der Waals surface area contributed by atoms with E-state index in [2.05, 4.69) is 0 Å². The fourth-order valence-electron chi connectivity index (χ4n) is 1.44. The molecule has 1 rings (SSSR count). The lowest BCUT2D eigenvalue weighted by Gasteiger charge is -2.08. The van der Waals surface area contributed by atoms with E-state index in [1.54, 1.807) is 19.2 Å². The standard InChI is InChI=1S/C13H18O4/c1-15-8-5-9-17-10-11-6-3-4-7-12(11)13(14)16-2/h3-4,6-7H,5,8-10H2,1-2H3. The average Bonchev–Trinajstić information content (AvgIpc) is 2.38. The molecule has 0 unspecified atom stereocenters. The van der Waals surface area contributed by atoms with E-state index in [0.29, 0.717) is 25.4 Å². The first-order valence-electron chi connectivity index (χ1n) is 5.52. The minimum atomic E-state index is -0.332. The van der Waals surface area contributed by atoms with Gasteiger partial charge in [0.05, 0.1) is 19.3 Å². The molecule has 0 aliphatic carbocycles. The van der Waals surface area contributed by atoms with Gasteiger partial charge in [0, 0.05) is 20.3 Å². The minimum absolute atomic E-state index is 0.332. The number of methoxy groups -OCH3 is 2. The molecule has 17 heavy (non-hydrogen) atoms. The summed E-state index contributed by atoms with van der Waals surface area (Å²) in [5.41, 5.74) is 1.40. The number of rotatable bonds is 7. The van der Waals surface area contributed by atoms with E-state index in [9.17, 15) is 4.79 Å². The summed E-state index contributed by atoms with van der Waals surface area (Å²) in [6, 6.07) is 7.28. The van der Waals surface area contributed by atoms with Crippen LogP contribution in [-0.4, -0.2) is 33.4 Å². The SMILES string of the molecule is COCCCOCc1ccccc1C(=O)OC. The molecule has 0 saturated heterocycles. The zero-order chi connectivity index (χ0) is 12.5. The largest absolute Gasteiger partial charge is 0.465 e. The molecule has 0 saturated carbocycles. The van der Waals surface area contributed by atoms with E-state index in [0.717, 1.165) is 12.0 Å². The van der Waals surface area contributed by atoms with Gasteiger partial charge in [0.1, 0.15) is 0 Å². The van der Waals surface area contributed by atoms with Gasteiger partial charge in [0.25, 0.3) is 0 Å². The predicted molar refractivity (Wildman–Crippen MR) is 63.9 cm³/mol. The first-order chi connectivity index (χ1) is 8.29. The molecule has 4 nitrogen and oxygen atoms in total. The second-order valence-electron chi connectivity index (χ2n) is 3.55. The van der Waals surface area contributed by atoms with Crippen LogP contribution in [0.5, 0.6) is 0 Å². The summed E-state index contributed by atoms with van der Waals surface area (Å²) in [4.78, 5) is 11.5. The number of carbonyl (C=O) groups is 1. The van der Waals surface area contributed by atoms with Crippen molar-refractivity contribution in [2.75, 3.05) is 27.4 Å². The first kappa shape index (κ1) is 13.7. The van der Waals surface area contributed by atoms with Crippen molar-refractivity contribution in [3.63, 3.8) is 0 Å². The fraction of sp³-hybridized carbons (Fsp3) is 0.462. The molecule has 0 amide bonds. The molecule has 0 atom stereocenters. The van der Waals surface area contributed by atoms with Crippen molar-refractivity contribution in [2.45, 2.75) is 13.0 Å². The van der Waals surface area contributed by atoms with Crippen LogP contribution in [0.2, 0.25) is 0 Å². The third-order valence-electron chi connectivity index (χ3n) is 2.32. The molecule has 0 radical (unpaired) electrons. The zero-order valence-corrected chi connectivity index (χ0v) is 10.3. The van der Waals surface area contributed by atoms with Crippen LogP contribution in [0.15, 0.2) is 24.3 Å². The number of ether oxygens (including phenoxy) is 3. The monoisotopic (exact) mass is 238 g/mol. The maximum atomic E-state index is 11.5. The molecule has 4 heteroatoms. The quantitative estimate of drug-likeness (QED) is 0.538. The summed E-state index contributed by atoms with van der Waals surface area (Å²) in [6.07, 6.45) is 0.844. The molecular formula is C13H18O4. The van der Waals surface area contributed by atoms with Gasteiger partial charge in [-0.05, 0) is 18.1 Å². The van der Waals surface area contributed by atoms with Gasteiger partial charge in [-0.2, -0.15) is 0 Å². The summed E-state index contributed by atoms with van der Waals surface area (Å²) in [5, 5.41) is 0. The van der Waals surface area contributed by atoms with Crippen molar-refractivity contribution < 1.29 is 19.0 Å². The van der Waals surface area contributed by atoms with Crippen LogP contribution in [0.25, 0.3) is 0 Å². The van der Waals surface area contributed by atoms with Gasteiger partial charge in [0.15, 0.2) is 0 Å². The van der Waals surface area contributed by atoms with Crippen LogP contribution in [0.4, 0.5) is 0 Å². The molecular weight excluding hydrogens is 220 g/mol. The van der Waals surface area contributed by atoms with Crippen molar-refractivity contribution in [3.8, 4) is 0 Å². The molecule has 0 aromatic heterocycles. The summed E-state index contributed by atoms with van der Waals surface area (Å²) < 4.78 is 15.1. The normalized spacial score (nSPS) is 10.2. The molecule has 1 aromatic carbocycles. The van der Waals surface area contributed by atoms with Crippen molar-refractivity contribution in [1.29, 1.82) is 0 Å². The van der Waals surface area contributed by atoms with Gasteiger partial charge >= 0.3 is 5.97 Å². The Morgan fingerprint density at radius 1 is 1.18 bits per heavy atom. The zero-order valence-electron chi connectivity index (χ0n) is 10.3. The van der Waals surface area contributed by atoms with Gasteiger partial charge in [-0.15, -0.1) is 0 Å². The van der Waals surface area contributed by atoms with Crippen molar-refractivity contribution in [1.82, 2.24) is 0 Å². The topological polar surface area (TPSA) is 44.8 Å². The Labute approximate surface area is 101 Å². The molecule has 1 aromatic rings. The van der Waals surface area contributed by atoms with E-state index in [1.165, 1.54) is 7.11 Å². The van der Waals surface area contributed by atoms with Gasteiger partial charge in [-0.25, -0.2) is 4.79 Å². The lowest BCUT2D eigenvalue weighted by Crippen LogP contribution is -2.07. The Bertz CT molecular complexity index is 349. The van der Waals surface area contributed by atoms with Crippen LogP contribution < -0.4 is 0 Å². The maximum Gasteiger partial charge on any atom is 0.338 e. The Hall–Kier alpha value is -1.39. The minimum Gasteiger partial charge on any atom is -0.465 e. The highest BCUT2D eigenvalue weighted by molar-refractivity contribution is 5.90. The van der Waals surface area contributed by atoms with E-state index in [1.807, 2.05) is 12.1 Å². The van der Waals surface area contributed by atoms with Crippen LogP contribution in [0.1, 0.15) is 22.3 Å². The lowest BCUT2D eigenvalue weighted by molar-refractivity contribution is 0.0588. The molecule has 0 N–H and O–H groups in total. The van der Waals surface area contributed by atoms with Crippen molar-refractivity contribution >= 4 is 5.97 Å². The lowest BCUT2D eigenvalue weighted by atomic mass is 10.1. The highest BCUT2D eigenvalue weighted by Gasteiger charge is 2.10. The maximum absolute atomic E-state index is 11.5. The number of esters is 1. The van der Waals surface area contributed by atoms with Gasteiger partial charge in [-0.1, -0.05) is 18.2 Å². The summed E-state index contributed by atoms with van der Waals surface area (Å²) >= 11 is 0. The first-order valence-corrected chi connectivity index (χ1v) is 5.52. The number of hydrogen-bond acceptors (Lipinski definition) is 4. The Morgan fingerprint density at radius 2 is 1.94 bits per heavy atom. The van der Waals surface area contributed by atoms with Crippen LogP contribution >= 0.6 is 0 Å². The third kappa shape index (κ3) is 4.54. The molecule has 0 aliphatic rings. The highest BCUT2D eigenvalue weighted by atomic mass is 16.5. The van der Waals surface area contributed by atoms with Crippen molar-refractivity contribution in [3.05, 3.63) is 35.4 Å². The van der Waals surface area contributed by atoms with Gasteiger partial charge < -0.3 is 14.2 Å². The smallest absolute Gasteiger partial charge is 0.338 e. The second kappa shape index (κ2) is 7.81.